The van der Waals surface area contributed by atoms with Crippen LogP contribution in [0, 0.1) is 11.8 Å². The Morgan fingerprint density at radius 2 is 2.00 bits per heavy atom. The van der Waals surface area contributed by atoms with E-state index < -0.39 is 0 Å². The molecule has 0 bridgehead atoms. The van der Waals surface area contributed by atoms with Gasteiger partial charge >= 0.3 is 5.97 Å². The lowest BCUT2D eigenvalue weighted by Gasteiger charge is -2.18. The van der Waals surface area contributed by atoms with Crippen LogP contribution >= 0.6 is 0 Å². The van der Waals surface area contributed by atoms with Crippen molar-refractivity contribution < 1.29 is 9.53 Å². The van der Waals surface area contributed by atoms with Crippen molar-refractivity contribution in [2.24, 2.45) is 11.8 Å². The number of unbranched alkanes of at least 4 members (excludes halogenated alkanes) is 1. The maximum Gasteiger partial charge on any atom is 0.309 e. The molecule has 0 heterocycles. The Kier molecular flexibility index (Phi) is 9.50. The fourth-order valence-electron chi connectivity index (χ4n) is 1.76. The Hall–Kier alpha value is -1.05. The molecule has 0 saturated heterocycles. The van der Waals surface area contributed by atoms with E-state index in [4.69, 9.17) is 4.74 Å². The summed E-state index contributed by atoms with van der Waals surface area (Å²) in [6.07, 6.45) is 12.4. The van der Waals surface area contributed by atoms with Gasteiger partial charge in [-0.15, -0.1) is 0 Å². The zero-order chi connectivity index (χ0) is 13.1. The first-order chi connectivity index (χ1) is 8.17. The highest BCUT2D eigenvalue weighted by atomic mass is 16.5. The molecule has 0 aromatic carbocycles. The largest absolute Gasteiger partial charge is 0.469 e. The molecule has 0 saturated carbocycles. The number of carbonyl (C=O) groups excluding carboxylic acids is 1. The molecule has 2 atom stereocenters. The molecule has 0 N–H and O–H groups in total. The molecule has 0 aromatic heterocycles. The van der Waals surface area contributed by atoms with Crippen molar-refractivity contribution in [1.82, 2.24) is 0 Å². The first-order valence-electron chi connectivity index (χ1n) is 6.58. The predicted molar refractivity (Wildman–Crippen MR) is 72.8 cm³/mol. The van der Waals surface area contributed by atoms with Crippen molar-refractivity contribution in [1.29, 1.82) is 0 Å². The lowest BCUT2D eigenvalue weighted by molar-refractivity contribution is -0.146. The van der Waals surface area contributed by atoms with E-state index >= 15 is 0 Å². The van der Waals surface area contributed by atoms with Crippen molar-refractivity contribution in [2.75, 3.05) is 7.11 Å². The van der Waals surface area contributed by atoms with Crippen LogP contribution in [-0.4, -0.2) is 13.1 Å². The van der Waals surface area contributed by atoms with Crippen LogP contribution in [0.2, 0.25) is 0 Å². The molecular formula is C15H26O2. The third-order valence-corrected chi connectivity index (χ3v) is 2.90. The molecule has 0 radical (unpaired) electrons. The van der Waals surface area contributed by atoms with Crippen molar-refractivity contribution in [3.05, 3.63) is 24.3 Å². The quantitative estimate of drug-likeness (QED) is 0.469. The van der Waals surface area contributed by atoms with Gasteiger partial charge in [-0.1, -0.05) is 57.9 Å². The molecule has 2 nitrogen and oxygen atoms in total. The monoisotopic (exact) mass is 238 g/mol. The first kappa shape index (κ1) is 16.0. The smallest absolute Gasteiger partial charge is 0.309 e. The molecule has 0 rings (SSSR count). The summed E-state index contributed by atoms with van der Waals surface area (Å²) in [6, 6.07) is 0. The van der Waals surface area contributed by atoms with Gasteiger partial charge in [0.25, 0.3) is 0 Å². The summed E-state index contributed by atoms with van der Waals surface area (Å²) in [5.41, 5.74) is 0. The predicted octanol–water partition coefficient (Wildman–Crippen LogP) is 4.12. The topological polar surface area (TPSA) is 26.3 Å². The minimum Gasteiger partial charge on any atom is -0.469 e. The Bertz CT molecular complexity index is 254. The van der Waals surface area contributed by atoms with Gasteiger partial charge in [0.15, 0.2) is 0 Å². The van der Waals surface area contributed by atoms with Crippen LogP contribution in [0.1, 0.15) is 46.5 Å². The maximum absolute atomic E-state index is 11.7. The van der Waals surface area contributed by atoms with Gasteiger partial charge in [-0.3, -0.25) is 4.79 Å². The number of allylic oxidation sites excluding steroid dienone is 4. The van der Waals surface area contributed by atoms with Crippen molar-refractivity contribution in [3.8, 4) is 0 Å². The first-order valence-corrected chi connectivity index (χ1v) is 6.58. The summed E-state index contributed by atoms with van der Waals surface area (Å²) < 4.78 is 4.87. The van der Waals surface area contributed by atoms with E-state index in [1.54, 1.807) is 0 Å². The van der Waals surface area contributed by atoms with Gasteiger partial charge < -0.3 is 4.74 Å². The van der Waals surface area contributed by atoms with Crippen molar-refractivity contribution in [2.45, 2.75) is 46.5 Å². The van der Waals surface area contributed by atoms with E-state index in [9.17, 15) is 4.79 Å². The summed E-state index contributed by atoms with van der Waals surface area (Å²) in [7, 11) is 1.47. The fraction of sp³-hybridized carbons (Fsp3) is 0.667. The zero-order valence-electron chi connectivity index (χ0n) is 11.6. The van der Waals surface area contributed by atoms with Gasteiger partial charge in [-0.05, 0) is 18.8 Å². The Morgan fingerprint density at radius 1 is 1.29 bits per heavy atom. The lowest BCUT2D eigenvalue weighted by Crippen LogP contribution is -2.22. The van der Waals surface area contributed by atoms with E-state index in [2.05, 4.69) is 32.9 Å². The molecule has 2 heteroatoms. The standard InChI is InChI=1S/C15H26O2/c1-5-7-9-10-11-13(3)14(12-8-6-2)15(16)17-4/h7,9-11,13-14H,5-6,8,12H2,1-4H3/b9-7-,11-10-. The van der Waals surface area contributed by atoms with Crippen LogP contribution in [-0.2, 0) is 9.53 Å². The lowest BCUT2D eigenvalue weighted by atomic mass is 9.89. The van der Waals surface area contributed by atoms with Gasteiger partial charge in [-0.2, -0.15) is 0 Å². The number of hydrogen-bond donors (Lipinski definition) is 0. The molecule has 0 aromatic rings. The second-order valence-corrected chi connectivity index (χ2v) is 4.35. The average Bonchev–Trinajstić information content (AvgIpc) is 2.34. The van der Waals surface area contributed by atoms with Crippen LogP contribution < -0.4 is 0 Å². The fourth-order valence-corrected chi connectivity index (χ4v) is 1.76. The third-order valence-electron chi connectivity index (χ3n) is 2.90. The Balaban J connectivity index is 4.40. The van der Waals surface area contributed by atoms with Gasteiger partial charge in [0.2, 0.25) is 0 Å². The SMILES string of the molecule is CC/C=C\C=C/C(C)C(CCCC)C(=O)OC. The van der Waals surface area contributed by atoms with Gasteiger partial charge in [-0.25, -0.2) is 0 Å². The summed E-state index contributed by atoms with van der Waals surface area (Å²) >= 11 is 0. The molecule has 0 amide bonds. The summed E-state index contributed by atoms with van der Waals surface area (Å²) in [5, 5.41) is 0. The number of ether oxygens (including phenoxy) is 1. The molecule has 98 valence electrons. The number of methoxy groups -OCH3 is 1. The van der Waals surface area contributed by atoms with E-state index in [-0.39, 0.29) is 17.8 Å². The van der Waals surface area contributed by atoms with Crippen LogP contribution in [0.25, 0.3) is 0 Å². The normalized spacial score (nSPS) is 15.3. The summed E-state index contributed by atoms with van der Waals surface area (Å²) in [5.74, 6) is 0.136. The molecule has 0 fully saturated rings. The minimum absolute atomic E-state index is 0.00812. The molecule has 0 aliphatic heterocycles. The number of esters is 1. The molecule has 2 unspecified atom stereocenters. The molecule has 0 spiro atoms. The number of rotatable bonds is 8. The van der Waals surface area contributed by atoms with E-state index in [1.807, 2.05) is 12.2 Å². The van der Waals surface area contributed by atoms with E-state index in [0.717, 1.165) is 25.7 Å². The van der Waals surface area contributed by atoms with E-state index in [1.165, 1.54) is 7.11 Å². The van der Waals surface area contributed by atoms with Gasteiger partial charge in [0.05, 0.1) is 13.0 Å². The summed E-state index contributed by atoms with van der Waals surface area (Å²) in [6.45, 7) is 6.32. The van der Waals surface area contributed by atoms with Gasteiger partial charge in [0.1, 0.15) is 0 Å². The minimum atomic E-state index is -0.0879. The maximum atomic E-state index is 11.7. The highest BCUT2D eigenvalue weighted by molar-refractivity contribution is 5.72. The van der Waals surface area contributed by atoms with Crippen LogP contribution in [0.5, 0.6) is 0 Å². The number of carbonyl (C=O) groups is 1. The summed E-state index contributed by atoms with van der Waals surface area (Å²) in [4.78, 5) is 11.7. The number of hydrogen-bond acceptors (Lipinski definition) is 2. The van der Waals surface area contributed by atoms with Crippen LogP contribution in [0.15, 0.2) is 24.3 Å². The van der Waals surface area contributed by atoms with E-state index in [0.29, 0.717) is 0 Å². The zero-order valence-corrected chi connectivity index (χ0v) is 11.6. The van der Waals surface area contributed by atoms with Gasteiger partial charge in [0, 0.05) is 0 Å². The Morgan fingerprint density at radius 3 is 2.53 bits per heavy atom. The second kappa shape index (κ2) is 10.1. The second-order valence-electron chi connectivity index (χ2n) is 4.35. The van der Waals surface area contributed by atoms with Crippen molar-refractivity contribution >= 4 is 5.97 Å². The molecule has 17 heavy (non-hydrogen) atoms. The highest BCUT2D eigenvalue weighted by Gasteiger charge is 2.23. The van der Waals surface area contributed by atoms with Crippen LogP contribution in [0.4, 0.5) is 0 Å². The molecule has 0 aliphatic rings. The van der Waals surface area contributed by atoms with Crippen LogP contribution in [0.3, 0.4) is 0 Å². The molecule has 0 aliphatic carbocycles. The average molecular weight is 238 g/mol. The van der Waals surface area contributed by atoms with Crippen molar-refractivity contribution in [3.63, 3.8) is 0 Å². The third kappa shape index (κ3) is 6.98. The molecular weight excluding hydrogens is 212 g/mol. The highest BCUT2D eigenvalue weighted by Crippen LogP contribution is 2.21. The Labute approximate surface area is 106 Å².